The predicted molar refractivity (Wildman–Crippen MR) is 79.4 cm³/mol. The molecule has 0 bridgehead atoms. The Morgan fingerprint density at radius 3 is 2.85 bits per heavy atom. The minimum atomic E-state index is -0.172. The van der Waals surface area contributed by atoms with Crippen molar-refractivity contribution in [2.75, 3.05) is 13.2 Å². The molecule has 1 atom stereocenters. The van der Waals surface area contributed by atoms with Crippen LogP contribution < -0.4 is 5.32 Å². The summed E-state index contributed by atoms with van der Waals surface area (Å²) in [4.78, 5) is 12.2. The molecule has 1 unspecified atom stereocenters. The zero-order valence-electron chi connectivity index (χ0n) is 12.1. The van der Waals surface area contributed by atoms with E-state index < -0.39 is 0 Å². The van der Waals surface area contributed by atoms with Gasteiger partial charge in [-0.05, 0) is 55.4 Å². The second-order valence-electron chi connectivity index (χ2n) is 5.57. The molecule has 3 heteroatoms. The van der Waals surface area contributed by atoms with Crippen molar-refractivity contribution in [1.29, 1.82) is 0 Å². The summed E-state index contributed by atoms with van der Waals surface area (Å²) in [5.74, 6) is 6.74. The van der Waals surface area contributed by atoms with Crippen LogP contribution in [-0.2, 0) is 0 Å². The number of nitrogens with one attached hydrogen (secondary N) is 1. The van der Waals surface area contributed by atoms with Crippen molar-refractivity contribution in [3.63, 3.8) is 0 Å². The van der Waals surface area contributed by atoms with Crippen LogP contribution in [0.4, 0.5) is 0 Å². The number of aryl methyl sites for hydroxylation is 1. The molecule has 0 heterocycles. The SMILES string of the molecule is Cc1cc(C#CCO)cc(C(=O)NCC(C)C2CC2)c1. The molecule has 0 saturated heterocycles. The maximum atomic E-state index is 12.2. The molecule has 1 amide bonds. The first-order chi connectivity index (χ1) is 9.60. The van der Waals surface area contributed by atoms with Gasteiger partial charge in [0, 0.05) is 17.7 Å². The van der Waals surface area contributed by atoms with Crippen LogP contribution in [0.3, 0.4) is 0 Å². The molecule has 20 heavy (non-hydrogen) atoms. The van der Waals surface area contributed by atoms with Gasteiger partial charge in [0.25, 0.3) is 5.91 Å². The lowest BCUT2D eigenvalue weighted by Gasteiger charge is -2.12. The van der Waals surface area contributed by atoms with Crippen LogP contribution in [0.5, 0.6) is 0 Å². The van der Waals surface area contributed by atoms with Crippen molar-refractivity contribution in [1.82, 2.24) is 5.32 Å². The third-order valence-corrected chi connectivity index (χ3v) is 3.66. The minimum Gasteiger partial charge on any atom is -0.384 e. The van der Waals surface area contributed by atoms with E-state index in [0.717, 1.165) is 23.6 Å². The summed E-state index contributed by atoms with van der Waals surface area (Å²) < 4.78 is 0. The Kier molecular flexibility index (Phi) is 4.81. The number of carbonyl (C=O) groups excluding carboxylic acids is 1. The molecular formula is C17H21NO2. The standard InChI is InChI=1S/C17H21NO2/c1-12-8-14(4-3-7-19)10-16(9-12)17(20)18-11-13(2)15-5-6-15/h8-10,13,15,19H,5-7,11H2,1-2H3,(H,18,20). The monoisotopic (exact) mass is 271 g/mol. The van der Waals surface area contributed by atoms with Crippen molar-refractivity contribution in [3.05, 3.63) is 34.9 Å². The molecule has 106 valence electrons. The van der Waals surface area contributed by atoms with Crippen molar-refractivity contribution in [2.24, 2.45) is 11.8 Å². The Balaban J connectivity index is 2.02. The normalized spacial score (nSPS) is 15.2. The predicted octanol–water partition coefficient (Wildman–Crippen LogP) is 2.11. The zero-order valence-corrected chi connectivity index (χ0v) is 12.1. The first kappa shape index (κ1) is 14.6. The minimum absolute atomic E-state index is 0.0479. The molecule has 3 nitrogen and oxygen atoms in total. The van der Waals surface area contributed by atoms with Crippen LogP contribution >= 0.6 is 0 Å². The highest BCUT2D eigenvalue weighted by Crippen LogP contribution is 2.36. The van der Waals surface area contributed by atoms with Gasteiger partial charge in [-0.2, -0.15) is 0 Å². The number of hydrogen-bond donors (Lipinski definition) is 2. The number of aliphatic hydroxyl groups excluding tert-OH is 1. The maximum absolute atomic E-state index is 12.2. The molecular weight excluding hydrogens is 250 g/mol. The van der Waals surface area contributed by atoms with Gasteiger partial charge in [-0.15, -0.1) is 0 Å². The highest BCUT2D eigenvalue weighted by atomic mass is 16.2. The molecule has 1 aromatic carbocycles. The van der Waals surface area contributed by atoms with E-state index in [1.165, 1.54) is 12.8 Å². The smallest absolute Gasteiger partial charge is 0.251 e. The first-order valence-corrected chi connectivity index (χ1v) is 7.09. The van der Waals surface area contributed by atoms with Gasteiger partial charge in [0.15, 0.2) is 0 Å². The fourth-order valence-corrected chi connectivity index (χ4v) is 2.32. The lowest BCUT2D eigenvalue weighted by Crippen LogP contribution is -2.29. The second-order valence-corrected chi connectivity index (χ2v) is 5.57. The number of rotatable bonds is 4. The van der Waals surface area contributed by atoms with Gasteiger partial charge >= 0.3 is 0 Å². The van der Waals surface area contributed by atoms with Crippen LogP contribution in [-0.4, -0.2) is 24.2 Å². The van der Waals surface area contributed by atoms with Crippen LogP contribution in [0.2, 0.25) is 0 Å². The summed E-state index contributed by atoms with van der Waals surface area (Å²) in [7, 11) is 0. The summed E-state index contributed by atoms with van der Waals surface area (Å²) in [6.07, 6.45) is 2.59. The summed E-state index contributed by atoms with van der Waals surface area (Å²) in [5.41, 5.74) is 2.39. The lowest BCUT2D eigenvalue weighted by molar-refractivity contribution is 0.0946. The number of benzene rings is 1. The van der Waals surface area contributed by atoms with Crippen LogP contribution in [0.1, 0.15) is 41.3 Å². The Labute approximate surface area is 120 Å². The molecule has 1 fully saturated rings. The van der Waals surface area contributed by atoms with Gasteiger partial charge < -0.3 is 10.4 Å². The van der Waals surface area contributed by atoms with E-state index in [2.05, 4.69) is 24.1 Å². The Bertz CT molecular complexity index is 550. The Morgan fingerprint density at radius 2 is 2.20 bits per heavy atom. The first-order valence-electron chi connectivity index (χ1n) is 7.09. The molecule has 0 aromatic heterocycles. The summed E-state index contributed by atoms with van der Waals surface area (Å²) >= 11 is 0. The molecule has 1 aliphatic carbocycles. The van der Waals surface area contributed by atoms with E-state index in [4.69, 9.17) is 5.11 Å². The summed E-state index contributed by atoms with van der Waals surface area (Å²) in [5, 5.41) is 11.7. The van der Waals surface area contributed by atoms with Crippen LogP contribution in [0.25, 0.3) is 0 Å². The quantitative estimate of drug-likeness (QED) is 0.824. The van der Waals surface area contributed by atoms with Gasteiger partial charge in [-0.3, -0.25) is 4.79 Å². The van der Waals surface area contributed by atoms with E-state index in [1.54, 1.807) is 6.07 Å². The van der Waals surface area contributed by atoms with Crippen molar-refractivity contribution >= 4 is 5.91 Å². The molecule has 1 saturated carbocycles. The van der Waals surface area contributed by atoms with Gasteiger partial charge in [-0.1, -0.05) is 18.8 Å². The van der Waals surface area contributed by atoms with E-state index in [1.807, 2.05) is 19.1 Å². The average molecular weight is 271 g/mol. The fraction of sp³-hybridized carbons (Fsp3) is 0.471. The molecule has 0 aliphatic heterocycles. The molecule has 0 spiro atoms. The summed E-state index contributed by atoms with van der Waals surface area (Å²) in [6, 6.07) is 5.54. The maximum Gasteiger partial charge on any atom is 0.251 e. The number of amides is 1. The molecule has 2 rings (SSSR count). The zero-order chi connectivity index (χ0) is 14.5. The van der Waals surface area contributed by atoms with Crippen molar-refractivity contribution in [2.45, 2.75) is 26.7 Å². The number of aliphatic hydroxyl groups is 1. The second kappa shape index (κ2) is 6.58. The van der Waals surface area contributed by atoms with Gasteiger partial charge in [0.1, 0.15) is 6.61 Å². The Morgan fingerprint density at radius 1 is 1.45 bits per heavy atom. The van der Waals surface area contributed by atoms with Crippen LogP contribution in [0.15, 0.2) is 18.2 Å². The molecule has 1 aliphatic rings. The van der Waals surface area contributed by atoms with Gasteiger partial charge in [-0.25, -0.2) is 0 Å². The Hall–Kier alpha value is -1.79. The molecule has 2 N–H and O–H groups in total. The largest absolute Gasteiger partial charge is 0.384 e. The van der Waals surface area contributed by atoms with Crippen LogP contribution in [0, 0.1) is 30.6 Å². The van der Waals surface area contributed by atoms with E-state index in [-0.39, 0.29) is 12.5 Å². The average Bonchev–Trinajstić information content (AvgIpc) is 3.26. The highest BCUT2D eigenvalue weighted by Gasteiger charge is 2.27. The number of carbonyl (C=O) groups is 1. The van der Waals surface area contributed by atoms with E-state index >= 15 is 0 Å². The van der Waals surface area contributed by atoms with Crippen molar-refractivity contribution < 1.29 is 9.90 Å². The van der Waals surface area contributed by atoms with E-state index in [9.17, 15) is 4.79 Å². The number of hydrogen-bond acceptors (Lipinski definition) is 2. The topological polar surface area (TPSA) is 49.3 Å². The molecule has 1 aromatic rings. The summed E-state index contributed by atoms with van der Waals surface area (Å²) in [6.45, 7) is 4.68. The van der Waals surface area contributed by atoms with Gasteiger partial charge in [0.05, 0.1) is 0 Å². The van der Waals surface area contributed by atoms with Gasteiger partial charge in [0.2, 0.25) is 0 Å². The highest BCUT2D eigenvalue weighted by molar-refractivity contribution is 5.94. The van der Waals surface area contributed by atoms with Crippen molar-refractivity contribution in [3.8, 4) is 11.8 Å². The lowest BCUT2D eigenvalue weighted by atomic mass is 10.0. The fourth-order valence-electron chi connectivity index (χ4n) is 2.32. The molecule has 0 radical (unpaired) electrons. The third-order valence-electron chi connectivity index (χ3n) is 3.66. The third kappa shape index (κ3) is 4.11. The van der Waals surface area contributed by atoms with E-state index in [0.29, 0.717) is 11.5 Å².